The number of benzene rings is 1. The van der Waals surface area contributed by atoms with Gasteiger partial charge in [-0.15, -0.1) is 5.10 Å². The molecule has 190 valence electrons. The first-order valence-corrected chi connectivity index (χ1v) is 11.2. The van der Waals surface area contributed by atoms with Gasteiger partial charge in [0.1, 0.15) is 11.4 Å². The van der Waals surface area contributed by atoms with Gasteiger partial charge in [-0.25, -0.2) is 9.48 Å². The Hall–Kier alpha value is -4.02. The molecule has 0 aliphatic carbocycles. The quantitative estimate of drug-likeness (QED) is 0.134. The van der Waals surface area contributed by atoms with Crippen molar-refractivity contribution in [1.29, 1.82) is 0 Å². The van der Waals surface area contributed by atoms with Gasteiger partial charge in [0.25, 0.3) is 11.6 Å². The maximum Gasteiger partial charge on any atom is 0.352 e. The summed E-state index contributed by atoms with van der Waals surface area (Å²) in [4.78, 5) is 51.0. The molecule has 1 unspecified atom stereocenters. The van der Waals surface area contributed by atoms with Crippen molar-refractivity contribution >= 4 is 35.5 Å². The highest BCUT2D eigenvalue weighted by molar-refractivity contribution is 7.99. The van der Waals surface area contributed by atoms with Crippen LogP contribution in [0.1, 0.15) is 11.5 Å². The molecule has 1 fully saturated rings. The van der Waals surface area contributed by atoms with E-state index in [9.17, 15) is 34.5 Å². The smallest absolute Gasteiger partial charge is 0.352 e. The number of tetrazole rings is 1. The summed E-state index contributed by atoms with van der Waals surface area (Å²) in [6.07, 6.45) is -1.36. The fraction of sp³-hybridized carbons (Fsp3) is 0.350. The Bertz CT molecular complexity index is 1260. The van der Waals surface area contributed by atoms with Crippen LogP contribution in [-0.2, 0) is 35.7 Å². The van der Waals surface area contributed by atoms with E-state index in [1.807, 2.05) is 0 Å². The normalized spacial score (nSPS) is 22.0. The molecule has 4 rings (SSSR count). The molecule has 0 radical (unpaired) electrons. The number of aromatic hydroxyl groups is 1. The summed E-state index contributed by atoms with van der Waals surface area (Å²) in [7, 11) is 2.71. The molecule has 16 heteroatoms. The number of carbonyl (C=O) groups is 4. The second-order valence-electron chi connectivity index (χ2n) is 7.76. The fourth-order valence-corrected chi connectivity index (χ4v) is 4.72. The molecular weight excluding hydrogens is 500 g/mol. The van der Waals surface area contributed by atoms with Crippen LogP contribution in [0.4, 0.5) is 0 Å². The number of fused-ring (bicyclic) bond motifs is 1. The number of hydrogen-bond donors (Lipinski definition) is 4. The Labute approximate surface area is 206 Å². The molecule has 3 atom stereocenters. The van der Waals surface area contributed by atoms with E-state index in [4.69, 9.17) is 9.47 Å². The summed E-state index contributed by atoms with van der Waals surface area (Å²) < 4.78 is 12.4. The summed E-state index contributed by atoms with van der Waals surface area (Å²) in [5.41, 5.74) is -2.17. The second kappa shape index (κ2) is 9.56. The minimum absolute atomic E-state index is 0.0425. The zero-order chi connectivity index (χ0) is 26.2. The summed E-state index contributed by atoms with van der Waals surface area (Å²) >= 11 is 1.14. The molecule has 1 aromatic heterocycles. The molecule has 2 aliphatic heterocycles. The SMILES string of the molecule is CO[C@@]1(NC(=O)[C@H](C(=O)O)c2ccc(O)cc2)C(=O)N2C(C(=O)O)=C(CSc3nnnn3C)COC21. The molecular formula is C20H20N6O9S. The number of hydrogen-bond acceptors (Lipinski definition) is 11. The summed E-state index contributed by atoms with van der Waals surface area (Å²) in [6.45, 7) is -0.213. The number of amides is 2. The van der Waals surface area contributed by atoms with Crippen molar-refractivity contribution < 1.29 is 44.0 Å². The molecule has 2 aromatic rings. The van der Waals surface area contributed by atoms with Crippen molar-refractivity contribution in [2.24, 2.45) is 7.05 Å². The summed E-state index contributed by atoms with van der Waals surface area (Å²) in [5.74, 6) is -6.73. The van der Waals surface area contributed by atoms with E-state index in [2.05, 4.69) is 20.8 Å². The first-order chi connectivity index (χ1) is 17.1. The third-order valence-electron chi connectivity index (χ3n) is 5.64. The van der Waals surface area contributed by atoms with E-state index in [0.29, 0.717) is 5.16 Å². The maximum absolute atomic E-state index is 13.2. The average Bonchev–Trinajstić information content (AvgIpc) is 3.25. The predicted octanol–water partition coefficient (Wildman–Crippen LogP) is -1.13. The van der Waals surface area contributed by atoms with Crippen molar-refractivity contribution in [2.45, 2.75) is 23.0 Å². The monoisotopic (exact) mass is 520 g/mol. The van der Waals surface area contributed by atoms with Crippen molar-refractivity contribution in [3.63, 3.8) is 0 Å². The van der Waals surface area contributed by atoms with Gasteiger partial charge >= 0.3 is 11.9 Å². The lowest BCUT2D eigenvalue weighted by Gasteiger charge is -2.55. The van der Waals surface area contributed by atoms with Gasteiger partial charge < -0.3 is 30.1 Å². The van der Waals surface area contributed by atoms with Gasteiger partial charge in [-0.2, -0.15) is 0 Å². The number of nitrogens with zero attached hydrogens (tertiary/aromatic N) is 5. The lowest BCUT2D eigenvalue weighted by molar-refractivity contribution is -0.258. The van der Waals surface area contributed by atoms with Gasteiger partial charge in [0.15, 0.2) is 12.1 Å². The molecule has 4 N–H and O–H groups in total. The standard InChI is InChI=1S/C20H20N6O9S/c1-25-19(22-23-24-25)36-8-10-7-35-18-20(34-2,17(33)26(18)13(10)16(31)32)21-14(28)12(15(29)30)9-3-5-11(27)6-4-9/h3-6,12,18,27H,7-8H2,1-2H3,(H,21,28)(H,29,30)(H,31,32)/t12-,18?,20+/m1/s1. The molecule has 2 amide bonds. The molecule has 36 heavy (non-hydrogen) atoms. The number of phenolic OH excluding ortho intramolecular Hbond substituents is 1. The Morgan fingerprint density at radius 3 is 2.56 bits per heavy atom. The predicted molar refractivity (Wildman–Crippen MR) is 117 cm³/mol. The van der Waals surface area contributed by atoms with Crippen molar-refractivity contribution in [3.05, 3.63) is 41.1 Å². The van der Waals surface area contributed by atoms with Crippen LogP contribution < -0.4 is 5.32 Å². The molecule has 0 saturated carbocycles. The fourth-order valence-electron chi connectivity index (χ4n) is 3.88. The number of thioether (sulfide) groups is 1. The third kappa shape index (κ3) is 4.14. The molecule has 1 aromatic carbocycles. The molecule has 1 saturated heterocycles. The van der Waals surface area contributed by atoms with Crippen LogP contribution in [0.25, 0.3) is 0 Å². The molecule has 0 bridgehead atoms. The number of carbonyl (C=O) groups excluding carboxylic acids is 2. The van der Waals surface area contributed by atoms with Gasteiger partial charge in [-0.3, -0.25) is 19.3 Å². The van der Waals surface area contributed by atoms with E-state index in [1.54, 1.807) is 7.05 Å². The van der Waals surface area contributed by atoms with Crippen molar-refractivity contribution in [3.8, 4) is 5.75 Å². The molecule has 15 nitrogen and oxygen atoms in total. The average molecular weight is 520 g/mol. The van der Waals surface area contributed by atoms with Gasteiger partial charge in [0, 0.05) is 19.9 Å². The van der Waals surface area contributed by atoms with E-state index < -0.39 is 41.6 Å². The number of aromatic nitrogens is 4. The van der Waals surface area contributed by atoms with Crippen LogP contribution in [0, 0.1) is 0 Å². The van der Waals surface area contributed by atoms with Crippen LogP contribution in [-0.4, -0.2) is 95.6 Å². The van der Waals surface area contributed by atoms with E-state index >= 15 is 0 Å². The molecule has 0 spiro atoms. The zero-order valence-electron chi connectivity index (χ0n) is 18.8. The van der Waals surface area contributed by atoms with E-state index in [0.717, 1.165) is 23.8 Å². The van der Waals surface area contributed by atoms with E-state index in [1.165, 1.54) is 28.9 Å². The van der Waals surface area contributed by atoms with Crippen molar-refractivity contribution in [2.75, 3.05) is 19.5 Å². The Morgan fingerprint density at radius 2 is 2.00 bits per heavy atom. The van der Waals surface area contributed by atoms with E-state index in [-0.39, 0.29) is 34.9 Å². The Kier molecular flexibility index (Phi) is 6.66. The number of carboxylic acids is 2. The van der Waals surface area contributed by atoms with Gasteiger partial charge in [-0.1, -0.05) is 23.9 Å². The lowest BCUT2D eigenvalue weighted by atomic mass is 9.92. The summed E-state index contributed by atoms with van der Waals surface area (Å²) in [5, 5.41) is 42.6. The van der Waals surface area contributed by atoms with Crippen LogP contribution >= 0.6 is 11.8 Å². The van der Waals surface area contributed by atoms with Gasteiger partial charge in [0.2, 0.25) is 11.1 Å². The second-order valence-corrected chi connectivity index (χ2v) is 8.70. The highest BCUT2D eigenvalue weighted by atomic mass is 32.2. The number of methoxy groups -OCH3 is 1. The Balaban J connectivity index is 1.58. The number of aliphatic carboxylic acids is 2. The van der Waals surface area contributed by atoms with Gasteiger partial charge in [-0.05, 0) is 33.7 Å². The highest BCUT2D eigenvalue weighted by Crippen LogP contribution is 2.41. The number of rotatable bonds is 9. The number of ether oxygens (including phenoxy) is 2. The first-order valence-electron chi connectivity index (χ1n) is 10.2. The zero-order valence-corrected chi connectivity index (χ0v) is 19.6. The summed E-state index contributed by atoms with van der Waals surface area (Å²) in [6, 6.07) is 4.93. The minimum atomic E-state index is -2.14. The number of β-lactam (4-membered cyclic amide) rings is 1. The van der Waals surface area contributed by atoms with Crippen molar-refractivity contribution in [1.82, 2.24) is 30.4 Å². The first kappa shape index (κ1) is 25.1. The minimum Gasteiger partial charge on any atom is -0.508 e. The highest BCUT2D eigenvalue weighted by Gasteiger charge is 2.68. The van der Waals surface area contributed by atoms with Crippen LogP contribution in [0.2, 0.25) is 0 Å². The van der Waals surface area contributed by atoms with Crippen LogP contribution in [0.3, 0.4) is 0 Å². The topological polar surface area (TPSA) is 206 Å². The Morgan fingerprint density at radius 1 is 1.31 bits per heavy atom. The van der Waals surface area contributed by atoms with Gasteiger partial charge in [0.05, 0.1) is 6.61 Å². The maximum atomic E-state index is 13.2. The number of aryl methyl sites for hydroxylation is 1. The molecule has 3 heterocycles. The number of carboxylic acid groups (broad SMARTS) is 2. The largest absolute Gasteiger partial charge is 0.508 e. The third-order valence-corrected chi connectivity index (χ3v) is 6.73. The number of nitrogens with one attached hydrogen (secondary N) is 1. The number of phenols is 1. The lowest BCUT2D eigenvalue weighted by Crippen LogP contribution is -2.82. The van der Waals surface area contributed by atoms with Crippen LogP contribution in [0.15, 0.2) is 40.7 Å². The van der Waals surface area contributed by atoms with Crippen LogP contribution in [0.5, 0.6) is 5.75 Å². The molecule has 2 aliphatic rings.